The zero-order chi connectivity index (χ0) is 27.8. The first-order valence-corrected chi connectivity index (χ1v) is 13.9. The number of hydrogen-bond acceptors (Lipinski definition) is 8. The standard InChI is InChI=1S/C30H30N2O6S/c1-6-8-13-37-20-11-9-19(10-12-20)24-23-25(33)21-14-16(3)17(4)15-22(21)38-26(23)28(34)32(24)30-31-18(5)27(39-30)29(35)36-7-2/h9-12,14-15,24H,6-8,13H2,1-5H3. The number of unbranched alkanes of at least 4 members (excludes halogenated alkanes) is 1. The molecule has 0 saturated carbocycles. The van der Waals surface area contributed by atoms with Crippen molar-refractivity contribution in [3.8, 4) is 5.75 Å². The van der Waals surface area contributed by atoms with Crippen molar-refractivity contribution in [1.82, 2.24) is 4.98 Å². The van der Waals surface area contributed by atoms with Crippen molar-refractivity contribution in [2.75, 3.05) is 18.1 Å². The van der Waals surface area contributed by atoms with Gasteiger partial charge in [0.2, 0.25) is 5.76 Å². The van der Waals surface area contributed by atoms with Gasteiger partial charge in [-0.2, -0.15) is 0 Å². The number of nitrogens with zero attached hydrogens (tertiary/aromatic N) is 2. The summed E-state index contributed by atoms with van der Waals surface area (Å²) in [4.78, 5) is 46.7. The molecule has 1 aliphatic rings. The van der Waals surface area contributed by atoms with E-state index in [0.29, 0.717) is 39.5 Å². The van der Waals surface area contributed by atoms with E-state index < -0.39 is 17.9 Å². The molecule has 1 atom stereocenters. The van der Waals surface area contributed by atoms with Crippen LogP contribution in [0.4, 0.5) is 5.13 Å². The highest BCUT2D eigenvalue weighted by Gasteiger charge is 2.45. The van der Waals surface area contributed by atoms with Crippen LogP contribution in [0.25, 0.3) is 11.0 Å². The molecule has 5 rings (SSSR count). The molecule has 1 amide bonds. The Balaban J connectivity index is 1.68. The van der Waals surface area contributed by atoms with Gasteiger partial charge in [0.1, 0.15) is 16.2 Å². The highest BCUT2D eigenvalue weighted by Crippen LogP contribution is 2.43. The third-order valence-corrected chi connectivity index (χ3v) is 8.04. The number of amides is 1. The molecule has 2 aromatic heterocycles. The van der Waals surface area contributed by atoms with Crippen LogP contribution in [-0.4, -0.2) is 30.1 Å². The van der Waals surface area contributed by atoms with Gasteiger partial charge in [-0.05, 0) is 75.1 Å². The first kappa shape index (κ1) is 26.6. The Morgan fingerprint density at radius 1 is 1.08 bits per heavy atom. The third kappa shape index (κ3) is 4.71. The predicted molar refractivity (Wildman–Crippen MR) is 150 cm³/mol. The second kappa shape index (κ2) is 10.6. The molecule has 202 valence electrons. The molecule has 0 saturated heterocycles. The van der Waals surface area contributed by atoms with Crippen molar-refractivity contribution < 1.29 is 23.5 Å². The van der Waals surface area contributed by atoms with E-state index in [0.717, 1.165) is 35.3 Å². The molecular weight excluding hydrogens is 516 g/mol. The van der Waals surface area contributed by atoms with Crippen molar-refractivity contribution in [2.24, 2.45) is 0 Å². The van der Waals surface area contributed by atoms with Crippen LogP contribution in [-0.2, 0) is 4.74 Å². The number of carbonyl (C=O) groups excluding carboxylic acids is 2. The zero-order valence-corrected chi connectivity index (χ0v) is 23.4. The Bertz CT molecular complexity index is 1640. The maximum atomic E-state index is 13.9. The number of ether oxygens (including phenoxy) is 2. The predicted octanol–water partition coefficient (Wildman–Crippen LogP) is 6.28. The number of rotatable bonds is 8. The molecule has 3 heterocycles. The van der Waals surface area contributed by atoms with Crippen LogP contribution in [0.2, 0.25) is 0 Å². The number of hydrogen-bond donors (Lipinski definition) is 0. The number of carbonyl (C=O) groups is 2. The molecule has 1 unspecified atom stereocenters. The Labute approximate surface area is 230 Å². The third-order valence-electron chi connectivity index (χ3n) is 6.90. The summed E-state index contributed by atoms with van der Waals surface area (Å²) >= 11 is 1.06. The molecule has 0 bridgehead atoms. The van der Waals surface area contributed by atoms with Gasteiger partial charge in [0.25, 0.3) is 5.91 Å². The van der Waals surface area contributed by atoms with Crippen LogP contribution < -0.4 is 15.1 Å². The minimum Gasteiger partial charge on any atom is -0.494 e. The van der Waals surface area contributed by atoms with Gasteiger partial charge in [-0.3, -0.25) is 14.5 Å². The smallest absolute Gasteiger partial charge is 0.350 e. The maximum absolute atomic E-state index is 13.9. The van der Waals surface area contributed by atoms with Crippen molar-refractivity contribution in [3.63, 3.8) is 0 Å². The molecular formula is C30H30N2O6S. The molecule has 8 nitrogen and oxygen atoms in total. The Kier molecular flexibility index (Phi) is 7.27. The van der Waals surface area contributed by atoms with Crippen LogP contribution in [0, 0.1) is 20.8 Å². The van der Waals surface area contributed by atoms with Gasteiger partial charge in [0.15, 0.2) is 10.6 Å². The lowest BCUT2D eigenvalue weighted by atomic mass is 9.97. The van der Waals surface area contributed by atoms with Crippen molar-refractivity contribution in [2.45, 2.75) is 53.5 Å². The molecule has 0 spiro atoms. The van der Waals surface area contributed by atoms with Gasteiger partial charge in [0, 0.05) is 0 Å². The van der Waals surface area contributed by atoms with Gasteiger partial charge >= 0.3 is 5.97 Å². The van der Waals surface area contributed by atoms with Gasteiger partial charge in [-0.15, -0.1) is 0 Å². The van der Waals surface area contributed by atoms with E-state index in [1.165, 1.54) is 4.90 Å². The van der Waals surface area contributed by atoms with Gasteiger partial charge in [0.05, 0.1) is 35.9 Å². The number of aryl methyl sites for hydroxylation is 3. The molecule has 2 aromatic carbocycles. The molecule has 0 N–H and O–H groups in total. The van der Waals surface area contributed by atoms with Crippen LogP contribution >= 0.6 is 11.3 Å². The van der Waals surface area contributed by atoms with E-state index in [2.05, 4.69) is 11.9 Å². The van der Waals surface area contributed by atoms with Crippen LogP contribution in [0.15, 0.2) is 45.6 Å². The van der Waals surface area contributed by atoms with E-state index in [-0.39, 0.29) is 28.5 Å². The minimum absolute atomic E-state index is 0.0189. The SMILES string of the molecule is CCCCOc1ccc(C2c3c(oc4cc(C)c(C)cc4c3=O)C(=O)N2c2nc(C)c(C(=O)OCC)s2)cc1. The summed E-state index contributed by atoms with van der Waals surface area (Å²) in [6.45, 7) is 10.2. The van der Waals surface area contributed by atoms with Crippen LogP contribution in [0.3, 0.4) is 0 Å². The van der Waals surface area contributed by atoms with Crippen molar-refractivity contribution >= 4 is 39.3 Å². The second-order valence-electron chi connectivity index (χ2n) is 9.59. The summed E-state index contributed by atoms with van der Waals surface area (Å²) in [5.74, 6) is -0.303. The fourth-order valence-electron chi connectivity index (χ4n) is 4.69. The number of esters is 1. The molecule has 0 fully saturated rings. The lowest BCUT2D eigenvalue weighted by molar-refractivity contribution is 0.0531. The maximum Gasteiger partial charge on any atom is 0.350 e. The number of thiazole rings is 1. The average molecular weight is 547 g/mol. The number of aromatic nitrogens is 1. The quantitative estimate of drug-likeness (QED) is 0.189. The Morgan fingerprint density at radius 2 is 1.79 bits per heavy atom. The highest BCUT2D eigenvalue weighted by atomic mass is 32.1. The molecule has 0 radical (unpaired) electrons. The first-order chi connectivity index (χ1) is 18.7. The zero-order valence-electron chi connectivity index (χ0n) is 22.6. The van der Waals surface area contributed by atoms with E-state index in [1.807, 2.05) is 38.1 Å². The fraction of sp³-hybridized carbons (Fsp3) is 0.333. The fourth-order valence-corrected chi connectivity index (χ4v) is 5.68. The normalized spacial score (nSPS) is 14.6. The molecule has 39 heavy (non-hydrogen) atoms. The number of fused-ring (bicyclic) bond motifs is 2. The molecule has 0 aliphatic carbocycles. The highest BCUT2D eigenvalue weighted by molar-refractivity contribution is 7.17. The lowest BCUT2D eigenvalue weighted by Gasteiger charge is -2.22. The Morgan fingerprint density at radius 3 is 2.49 bits per heavy atom. The van der Waals surface area contributed by atoms with Gasteiger partial charge in [-0.1, -0.05) is 36.8 Å². The van der Waals surface area contributed by atoms with E-state index in [1.54, 1.807) is 26.0 Å². The summed E-state index contributed by atoms with van der Waals surface area (Å²) in [5, 5.41) is 0.703. The second-order valence-corrected chi connectivity index (χ2v) is 10.6. The van der Waals surface area contributed by atoms with Crippen molar-refractivity contribution in [1.29, 1.82) is 0 Å². The Hall–Kier alpha value is -3.98. The largest absolute Gasteiger partial charge is 0.494 e. The number of anilines is 1. The van der Waals surface area contributed by atoms with Crippen LogP contribution in [0.5, 0.6) is 5.75 Å². The monoisotopic (exact) mass is 546 g/mol. The minimum atomic E-state index is -0.792. The molecule has 4 aromatic rings. The van der Waals surface area contributed by atoms with Crippen molar-refractivity contribution in [3.05, 3.63) is 85.2 Å². The summed E-state index contributed by atoms with van der Waals surface area (Å²) in [7, 11) is 0. The first-order valence-electron chi connectivity index (χ1n) is 13.0. The summed E-state index contributed by atoms with van der Waals surface area (Å²) < 4.78 is 17.1. The number of benzene rings is 2. The van der Waals surface area contributed by atoms with E-state index >= 15 is 0 Å². The summed E-state index contributed by atoms with van der Waals surface area (Å²) in [6.07, 6.45) is 1.97. The van der Waals surface area contributed by atoms with Gasteiger partial charge < -0.3 is 13.9 Å². The molecule has 1 aliphatic heterocycles. The van der Waals surface area contributed by atoms with E-state index in [4.69, 9.17) is 13.9 Å². The van der Waals surface area contributed by atoms with Gasteiger partial charge in [-0.25, -0.2) is 9.78 Å². The summed E-state index contributed by atoms with van der Waals surface area (Å²) in [5.41, 5.74) is 3.40. The molecule has 9 heteroatoms. The lowest BCUT2D eigenvalue weighted by Crippen LogP contribution is -2.29. The summed E-state index contributed by atoms with van der Waals surface area (Å²) in [6, 6.07) is 10.2. The van der Waals surface area contributed by atoms with E-state index in [9.17, 15) is 14.4 Å². The average Bonchev–Trinajstić information content (AvgIpc) is 3.43. The topological polar surface area (TPSA) is 98.9 Å². The van der Waals surface area contributed by atoms with Crippen LogP contribution in [0.1, 0.15) is 80.9 Å².